The Kier molecular flexibility index (Phi) is 11.3. The Hall–Kier alpha value is -1.04. The third kappa shape index (κ3) is 8.79. The van der Waals surface area contributed by atoms with E-state index in [-0.39, 0.29) is 0 Å². The molecule has 4 aliphatic rings. The average molecular weight is 477 g/mol. The Morgan fingerprint density at radius 1 is 0.571 bits per heavy atom. The van der Waals surface area contributed by atoms with Gasteiger partial charge >= 0.3 is 0 Å². The summed E-state index contributed by atoms with van der Waals surface area (Å²) in [4.78, 5) is 0. The van der Waals surface area contributed by atoms with Crippen molar-refractivity contribution in [2.45, 2.75) is 123 Å². The topological polar surface area (TPSA) is 0 Å². The molecule has 0 radical (unpaired) electrons. The van der Waals surface area contributed by atoms with E-state index in [1.54, 1.807) is 0 Å². The van der Waals surface area contributed by atoms with Gasteiger partial charge in [0.25, 0.3) is 0 Å². The van der Waals surface area contributed by atoms with Gasteiger partial charge in [0.1, 0.15) is 0 Å². The lowest BCUT2D eigenvalue weighted by Crippen LogP contribution is -2.22. The molecule has 0 aliphatic heterocycles. The summed E-state index contributed by atoms with van der Waals surface area (Å²) in [6.07, 6.45) is 44.7. The second-order valence-electron chi connectivity index (χ2n) is 12.8. The Labute approximate surface area is 218 Å². The molecule has 0 spiro atoms. The molecule has 2 fully saturated rings. The van der Waals surface area contributed by atoms with E-state index in [0.717, 1.165) is 35.5 Å². The van der Waals surface area contributed by atoms with Crippen LogP contribution >= 0.6 is 0 Å². The van der Waals surface area contributed by atoms with Gasteiger partial charge in [-0.15, -0.1) is 0 Å². The second kappa shape index (κ2) is 14.6. The van der Waals surface area contributed by atoms with Crippen LogP contribution in [-0.4, -0.2) is 0 Å². The molecular formula is C35H56. The first-order valence-corrected chi connectivity index (χ1v) is 16.0. The molecule has 196 valence electrons. The molecule has 0 heteroatoms. The lowest BCUT2D eigenvalue weighted by molar-refractivity contribution is 0.234. The number of hydrogen-bond donors (Lipinski definition) is 0. The lowest BCUT2D eigenvalue weighted by atomic mass is 9.71. The maximum Gasteiger partial charge on any atom is -0.00530 e. The van der Waals surface area contributed by atoms with Crippen molar-refractivity contribution in [3.8, 4) is 0 Å². The molecule has 0 heterocycles. The first-order chi connectivity index (χ1) is 17.2. The molecule has 4 atom stereocenters. The first-order valence-electron chi connectivity index (χ1n) is 16.0. The minimum atomic E-state index is 0.684. The predicted molar refractivity (Wildman–Crippen MR) is 154 cm³/mol. The average Bonchev–Trinajstić information content (AvgIpc) is 2.92. The molecular weight excluding hydrogens is 420 g/mol. The van der Waals surface area contributed by atoms with Gasteiger partial charge < -0.3 is 0 Å². The van der Waals surface area contributed by atoms with Gasteiger partial charge in [0.2, 0.25) is 0 Å². The third-order valence-electron chi connectivity index (χ3n) is 10.3. The fourth-order valence-electron chi connectivity index (χ4n) is 7.53. The van der Waals surface area contributed by atoms with E-state index in [2.05, 4.69) is 62.5 Å². The van der Waals surface area contributed by atoms with E-state index in [4.69, 9.17) is 0 Å². The highest BCUT2D eigenvalue weighted by Crippen LogP contribution is 2.40. The van der Waals surface area contributed by atoms with Crippen LogP contribution in [0.1, 0.15) is 123 Å². The normalized spacial score (nSPS) is 38.5. The Morgan fingerprint density at radius 3 is 1.74 bits per heavy atom. The summed E-state index contributed by atoms with van der Waals surface area (Å²) in [6, 6.07) is 0. The fourth-order valence-corrected chi connectivity index (χ4v) is 7.53. The fraction of sp³-hybridized carbons (Fsp3) is 0.771. The van der Waals surface area contributed by atoms with E-state index in [1.807, 2.05) is 0 Å². The molecule has 0 nitrogen and oxygen atoms in total. The van der Waals surface area contributed by atoms with Crippen LogP contribution in [-0.2, 0) is 0 Å². The van der Waals surface area contributed by atoms with Crippen LogP contribution in [0.25, 0.3) is 0 Å². The summed E-state index contributed by atoms with van der Waals surface area (Å²) in [6.45, 7) is 4.68. The van der Waals surface area contributed by atoms with Crippen LogP contribution in [0, 0.1) is 47.3 Å². The summed E-state index contributed by atoms with van der Waals surface area (Å²) >= 11 is 0. The molecule has 0 bridgehead atoms. The molecule has 0 aromatic rings. The van der Waals surface area contributed by atoms with Crippen molar-refractivity contribution >= 4 is 0 Å². The quantitative estimate of drug-likeness (QED) is 0.217. The van der Waals surface area contributed by atoms with Crippen LogP contribution in [0.2, 0.25) is 0 Å². The van der Waals surface area contributed by atoms with Gasteiger partial charge in [0, 0.05) is 0 Å². The van der Waals surface area contributed by atoms with Crippen LogP contribution in [0.3, 0.4) is 0 Å². The number of unbranched alkanes of at least 4 members (excludes halogenated alkanes) is 2. The standard InChI is InChI=1S/C35H56/c1-3-5-6-7-29-12-14-31(15-13-29)17-19-33-22-26-35(27-23-33)34-24-20-32(21-25-34)18-16-30-10-8-28(4-2)9-11-30/h12,14,16-19,22,26,28-35H,3-11,13,15,20-21,23-25,27H2,1-2H3/b18-16+,19-17+. The summed E-state index contributed by atoms with van der Waals surface area (Å²) < 4.78 is 0. The van der Waals surface area contributed by atoms with Gasteiger partial charge in [0.15, 0.2) is 0 Å². The molecule has 0 N–H and O–H groups in total. The van der Waals surface area contributed by atoms with Crippen LogP contribution < -0.4 is 0 Å². The van der Waals surface area contributed by atoms with E-state index in [0.29, 0.717) is 11.8 Å². The van der Waals surface area contributed by atoms with E-state index in [9.17, 15) is 0 Å². The largest absolute Gasteiger partial charge is 0.0851 e. The van der Waals surface area contributed by atoms with Crippen LogP contribution in [0.15, 0.2) is 48.6 Å². The zero-order valence-corrected chi connectivity index (χ0v) is 23.3. The minimum Gasteiger partial charge on any atom is -0.0851 e. The summed E-state index contributed by atoms with van der Waals surface area (Å²) in [5.74, 6) is 6.81. The zero-order valence-electron chi connectivity index (χ0n) is 23.3. The van der Waals surface area contributed by atoms with Crippen molar-refractivity contribution < 1.29 is 0 Å². The Balaban J connectivity index is 1.13. The lowest BCUT2D eigenvalue weighted by Gasteiger charge is -2.34. The minimum absolute atomic E-state index is 0.684. The Bertz CT molecular complexity index is 692. The number of rotatable bonds is 10. The monoisotopic (exact) mass is 476 g/mol. The smallest absolute Gasteiger partial charge is 0.00530 e. The van der Waals surface area contributed by atoms with Crippen molar-refractivity contribution in [1.29, 1.82) is 0 Å². The molecule has 0 aromatic carbocycles. The van der Waals surface area contributed by atoms with Crippen molar-refractivity contribution in [2.24, 2.45) is 47.3 Å². The van der Waals surface area contributed by atoms with Gasteiger partial charge in [0.05, 0.1) is 0 Å². The van der Waals surface area contributed by atoms with Crippen molar-refractivity contribution in [3.63, 3.8) is 0 Å². The number of allylic oxidation sites excluding steroid dienone is 8. The van der Waals surface area contributed by atoms with Crippen molar-refractivity contribution in [2.75, 3.05) is 0 Å². The molecule has 0 saturated heterocycles. The molecule has 4 rings (SSSR count). The highest BCUT2D eigenvalue weighted by molar-refractivity contribution is 5.12. The van der Waals surface area contributed by atoms with Gasteiger partial charge in [-0.3, -0.25) is 0 Å². The maximum atomic E-state index is 2.64. The maximum absolute atomic E-state index is 2.64. The van der Waals surface area contributed by atoms with E-state index < -0.39 is 0 Å². The molecule has 0 aromatic heterocycles. The van der Waals surface area contributed by atoms with Gasteiger partial charge in [-0.25, -0.2) is 0 Å². The molecule has 4 aliphatic carbocycles. The molecule has 4 unspecified atom stereocenters. The molecule has 2 saturated carbocycles. The van der Waals surface area contributed by atoms with Gasteiger partial charge in [-0.05, 0) is 131 Å². The first kappa shape index (κ1) is 27.0. The highest BCUT2D eigenvalue weighted by Gasteiger charge is 2.27. The summed E-state index contributed by atoms with van der Waals surface area (Å²) in [5.41, 5.74) is 0. The highest BCUT2D eigenvalue weighted by atomic mass is 14.3. The summed E-state index contributed by atoms with van der Waals surface area (Å²) in [7, 11) is 0. The molecule has 0 amide bonds. The Morgan fingerprint density at radius 2 is 1.20 bits per heavy atom. The predicted octanol–water partition coefficient (Wildman–Crippen LogP) is 10.9. The SMILES string of the molecule is CCCCCC1C=CC(/C=C/C2C=CC(C3CCC(/C=C/C4CCC(CC)CC4)CC3)CC2)CC1. The van der Waals surface area contributed by atoms with Crippen LogP contribution in [0.4, 0.5) is 0 Å². The number of hydrogen-bond acceptors (Lipinski definition) is 0. The van der Waals surface area contributed by atoms with Gasteiger partial charge in [-0.2, -0.15) is 0 Å². The van der Waals surface area contributed by atoms with E-state index in [1.165, 1.54) is 109 Å². The van der Waals surface area contributed by atoms with Gasteiger partial charge in [-0.1, -0.05) is 88.1 Å². The zero-order chi connectivity index (χ0) is 24.3. The van der Waals surface area contributed by atoms with Crippen molar-refractivity contribution in [1.82, 2.24) is 0 Å². The van der Waals surface area contributed by atoms with Crippen molar-refractivity contribution in [3.05, 3.63) is 48.6 Å². The molecule has 35 heavy (non-hydrogen) atoms. The second-order valence-corrected chi connectivity index (χ2v) is 12.8. The van der Waals surface area contributed by atoms with Crippen LogP contribution in [0.5, 0.6) is 0 Å². The third-order valence-corrected chi connectivity index (χ3v) is 10.3. The summed E-state index contributed by atoms with van der Waals surface area (Å²) in [5, 5.41) is 0. The van der Waals surface area contributed by atoms with E-state index >= 15 is 0 Å².